The van der Waals surface area contributed by atoms with Crippen LogP contribution in [0.3, 0.4) is 0 Å². The maximum absolute atomic E-state index is 5.54. The third-order valence-corrected chi connectivity index (χ3v) is 4.70. The highest BCUT2D eigenvalue weighted by Crippen LogP contribution is 2.29. The molecule has 124 valence electrons. The van der Waals surface area contributed by atoms with Gasteiger partial charge in [-0.1, -0.05) is 35.5 Å². The smallest absolute Gasteiger partial charge is 0.205 e. The molecule has 0 aliphatic rings. The van der Waals surface area contributed by atoms with Crippen LogP contribution >= 0.6 is 11.8 Å². The van der Waals surface area contributed by atoms with Gasteiger partial charge in [0, 0.05) is 17.6 Å². The van der Waals surface area contributed by atoms with Crippen LogP contribution in [0.5, 0.6) is 0 Å². The van der Waals surface area contributed by atoms with Crippen molar-refractivity contribution in [1.29, 1.82) is 0 Å². The lowest BCUT2D eigenvalue weighted by atomic mass is 10.2. The van der Waals surface area contributed by atoms with Gasteiger partial charge in [-0.2, -0.15) is 0 Å². The first-order valence-corrected chi connectivity index (χ1v) is 8.89. The van der Waals surface area contributed by atoms with Crippen LogP contribution < -0.4 is 0 Å². The van der Waals surface area contributed by atoms with E-state index in [1.807, 2.05) is 34.9 Å². The van der Waals surface area contributed by atoms with Gasteiger partial charge >= 0.3 is 0 Å². The Morgan fingerprint density at radius 1 is 1.00 bits per heavy atom. The summed E-state index contributed by atoms with van der Waals surface area (Å²) in [5.74, 6) is 2.11. The third kappa shape index (κ3) is 3.34. The summed E-state index contributed by atoms with van der Waals surface area (Å²) in [5, 5.41) is 9.53. The molecule has 0 radical (unpaired) electrons. The minimum atomic E-state index is 0.692. The van der Waals surface area contributed by atoms with Gasteiger partial charge in [-0.25, -0.2) is 0 Å². The maximum atomic E-state index is 5.54. The van der Waals surface area contributed by atoms with Gasteiger partial charge in [0.2, 0.25) is 5.82 Å². The Bertz CT molecular complexity index is 947. The van der Waals surface area contributed by atoms with Crippen LogP contribution in [0.4, 0.5) is 0 Å². The molecule has 0 aliphatic carbocycles. The van der Waals surface area contributed by atoms with E-state index in [0.717, 1.165) is 22.3 Å². The van der Waals surface area contributed by atoms with Gasteiger partial charge in [-0.3, -0.25) is 9.55 Å². The number of pyridine rings is 1. The van der Waals surface area contributed by atoms with Crippen molar-refractivity contribution in [2.45, 2.75) is 17.8 Å². The molecule has 5 nitrogen and oxygen atoms in total. The molecule has 0 fully saturated rings. The van der Waals surface area contributed by atoms with Gasteiger partial charge in [0.25, 0.3) is 0 Å². The van der Waals surface area contributed by atoms with Crippen LogP contribution in [0.15, 0.2) is 76.6 Å². The lowest BCUT2D eigenvalue weighted by molar-refractivity contribution is 0.575. The Kier molecular flexibility index (Phi) is 4.35. The van der Waals surface area contributed by atoms with Crippen molar-refractivity contribution in [3.8, 4) is 17.3 Å². The number of benzene rings is 1. The largest absolute Gasteiger partial charge is 0.461 e. The monoisotopic (exact) mass is 348 g/mol. The molecular weight excluding hydrogens is 332 g/mol. The van der Waals surface area contributed by atoms with Gasteiger partial charge in [-0.15, -0.1) is 10.2 Å². The zero-order valence-corrected chi connectivity index (χ0v) is 14.5. The Labute approximate surface area is 149 Å². The van der Waals surface area contributed by atoms with E-state index >= 15 is 0 Å². The summed E-state index contributed by atoms with van der Waals surface area (Å²) in [6, 6.07) is 17.9. The number of nitrogens with zero attached hydrogens (tertiary/aromatic N) is 4. The molecule has 0 saturated heterocycles. The fraction of sp³-hybridized carbons (Fsp3) is 0.105. The van der Waals surface area contributed by atoms with Crippen LogP contribution in [-0.2, 0) is 5.75 Å². The number of hydrogen-bond donors (Lipinski definition) is 0. The molecule has 4 rings (SSSR count). The molecule has 0 saturated carbocycles. The summed E-state index contributed by atoms with van der Waals surface area (Å²) in [6.07, 6.45) is 3.44. The molecule has 0 atom stereocenters. The van der Waals surface area contributed by atoms with Crippen molar-refractivity contribution >= 4 is 11.8 Å². The second-order valence-electron chi connectivity index (χ2n) is 5.56. The van der Waals surface area contributed by atoms with Crippen molar-refractivity contribution in [1.82, 2.24) is 19.7 Å². The van der Waals surface area contributed by atoms with Crippen molar-refractivity contribution in [3.05, 3.63) is 78.3 Å². The number of furan rings is 1. The minimum Gasteiger partial charge on any atom is -0.461 e. The van der Waals surface area contributed by atoms with E-state index in [1.54, 1.807) is 24.2 Å². The highest BCUT2D eigenvalue weighted by molar-refractivity contribution is 7.98. The van der Waals surface area contributed by atoms with Crippen molar-refractivity contribution in [2.75, 3.05) is 0 Å². The van der Waals surface area contributed by atoms with E-state index < -0.39 is 0 Å². The van der Waals surface area contributed by atoms with Gasteiger partial charge in [0.15, 0.2) is 10.9 Å². The Balaban J connectivity index is 1.72. The Hall–Kier alpha value is -2.86. The predicted molar refractivity (Wildman–Crippen MR) is 97.6 cm³/mol. The summed E-state index contributed by atoms with van der Waals surface area (Å²) in [7, 11) is 0. The highest BCUT2D eigenvalue weighted by Gasteiger charge is 2.18. The molecule has 1 aromatic carbocycles. The van der Waals surface area contributed by atoms with Crippen LogP contribution in [0.2, 0.25) is 0 Å². The van der Waals surface area contributed by atoms with Crippen LogP contribution in [0.25, 0.3) is 17.3 Å². The maximum Gasteiger partial charge on any atom is 0.205 e. The molecule has 0 N–H and O–H groups in total. The lowest BCUT2D eigenvalue weighted by Gasteiger charge is -2.09. The first-order valence-electron chi connectivity index (χ1n) is 7.90. The molecule has 0 unspecified atom stereocenters. The van der Waals surface area contributed by atoms with E-state index in [-0.39, 0.29) is 0 Å². The first kappa shape index (κ1) is 15.7. The van der Waals surface area contributed by atoms with Crippen LogP contribution in [0.1, 0.15) is 11.3 Å². The topological polar surface area (TPSA) is 56.7 Å². The van der Waals surface area contributed by atoms with Crippen molar-refractivity contribution in [2.24, 2.45) is 0 Å². The quantitative estimate of drug-likeness (QED) is 0.496. The zero-order chi connectivity index (χ0) is 17.1. The van der Waals surface area contributed by atoms with E-state index in [2.05, 4.69) is 46.4 Å². The van der Waals surface area contributed by atoms with E-state index in [9.17, 15) is 0 Å². The molecule has 25 heavy (non-hydrogen) atoms. The minimum absolute atomic E-state index is 0.692. The second kappa shape index (κ2) is 6.94. The highest BCUT2D eigenvalue weighted by atomic mass is 32.2. The standard InChI is InChI=1S/C19H16N4OS/c1-14-7-9-16(10-8-14)23-18(17-6-4-12-24-17)21-22-19(23)25-13-15-5-2-3-11-20-15/h2-12H,13H2,1H3. The summed E-state index contributed by atoms with van der Waals surface area (Å²) < 4.78 is 7.56. The van der Waals surface area contributed by atoms with Crippen LogP contribution in [-0.4, -0.2) is 19.7 Å². The molecule has 0 spiro atoms. The van der Waals surface area contributed by atoms with Crippen molar-refractivity contribution < 1.29 is 4.42 Å². The average Bonchev–Trinajstić information content (AvgIpc) is 3.31. The van der Waals surface area contributed by atoms with Gasteiger partial charge in [-0.05, 0) is 43.3 Å². The van der Waals surface area contributed by atoms with Crippen LogP contribution in [0, 0.1) is 6.92 Å². The summed E-state index contributed by atoms with van der Waals surface area (Å²) >= 11 is 1.60. The summed E-state index contributed by atoms with van der Waals surface area (Å²) in [6.45, 7) is 2.07. The number of rotatable bonds is 5. The Morgan fingerprint density at radius 3 is 2.60 bits per heavy atom. The average molecular weight is 348 g/mol. The van der Waals surface area contributed by atoms with E-state index in [1.165, 1.54) is 5.56 Å². The zero-order valence-electron chi connectivity index (χ0n) is 13.7. The SMILES string of the molecule is Cc1ccc(-n2c(SCc3ccccn3)nnc2-c2ccco2)cc1. The van der Waals surface area contributed by atoms with Gasteiger partial charge in [0.05, 0.1) is 12.0 Å². The second-order valence-corrected chi connectivity index (χ2v) is 6.51. The fourth-order valence-electron chi connectivity index (χ4n) is 2.48. The Morgan fingerprint density at radius 2 is 1.88 bits per heavy atom. The van der Waals surface area contributed by atoms with Crippen molar-refractivity contribution in [3.63, 3.8) is 0 Å². The van der Waals surface area contributed by atoms with E-state index in [0.29, 0.717) is 11.6 Å². The molecule has 3 aromatic heterocycles. The molecule has 6 heteroatoms. The molecule has 0 amide bonds. The normalized spacial score (nSPS) is 10.9. The predicted octanol–water partition coefficient (Wildman–Crippen LogP) is 4.52. The fourth-order valence-corrected chi connectivity index (χ4v) is 3.34. The molecule has 0 aliphatic heterocycles. The number of hydrogen-bond acceptors (Lipinski definition) is 5. The summed E-state index contributed by atoms with van der Waals surface area (Å²) in [4.78, 5) is 4.37. The lowest BCUT2D eigenvalue weighted by Crippen LogP contribution is -1.99. The van der Waals surface area contributed by atoms with Gasteiger partial charge < -0.3 is 4.42 Å². The summed E-state index contributed by atoms with van der Waals surface area (Å²) in [5.41, 5.74) is 3.22. The number of aryl methyl sites for hydroxylation is 1. The molecular formula is C19H16N4OS. The number of aromatic nitrogens is 4. The third-order valence-electron chi connectivity index (χ3n) is 3.74. The molecule has 3 heterocycles. The first-order chi connectivity index (χ1) is 12.3. The molecule has 4 aromatic rings. The van der Waals surface area contributed by atoms with Gasteiger partial charge in [0.1, 0.15) is 0 Å². The van der Waals surface area contributed by atoms with E-state index in [4.69, 9.17) is 4.42 Å². The number of thioether (sulfide) groups is 1. The molecule has 0 bridgehead atoms.